The maximum atomic E-state index is 12.7. The molecule has 1 aromatic rings. The minimum Gasteiger partial charge on any atom is -0.398 e. The van der Waals surface area contributed by atoms with E-state index in [9.17, 15) is 13.2 Å². The predicted octanol–water partition coefficient (Wildman–Crippen LogP) is 2.83. The van der Waals surface area contributed by atoms with Crippen molar-refractivity contribution >= 4 is 5.69 Å². The quantitative estimate of drug-likeness (QED) is 0.800. The molecule has 1 aliphatic rings. The zero-order valence-electron chi connectivity index (χ0n) is 10.1. The Kier molecular flexibility index (Phi) is 3.80. The highest BCUT2D eigenvalue weighted by atomic mass is 19.4. The van der Waals surface area contributed by atoms with Crippen LogP contribution < -0.4 is 11.1 Å². The maximum absolute atomic E-state index is 12.7. The van der Waals surface area contributed by atoms with Crippen LogP contribution in [0.5, 0.6) is 0 Å². The molecule has 0 unspecified atom stereocenters. The second kappa shape index (κ2) is 5.18. The van der Waals surface area contributed by atoms with Gasteiger partial charge in [-0.2, -0.15) is 13.2 Å². The average molecular weight is 258 g/mol. The summed E-state index contributed by atoms with van der Waals surface area (Å²) in [4.78, 5) is 0. The highest BCUT2D eigenvalue weighted by molar-refractivity contribution is 5.55. The highest BCUT2D eigenvalue weighted by Gasteiger charge is 2.33. The van der Waals surface area contributed by atoms with Crippen molar-refractivity contribution in [3.05, 3.63) is 29.3 Å². The van der Waals surface area contributed by atoms with Crippen LogP contribution >= 0.6 is 0 Å². The molecule has 0 amide bonds. The van der Waals surface area contributed by atoms with E-state index in [-0.39, 0.29) is 5.69 Å². The lowest BCUT2D eigenvalue weighted by Gasteiger charge is -2.23. The molecule has 2 rings (SSSR count). The predicted molar refractivity (Wildman–Crippen MR) is 65.2 cm³/mol. The molecule has 3 N–H and O–H groups in total. The van der Waals surface area contributed by atoms with E-state index in [2.05, 4.69) is 5.32 Å². The van der Waals surface area contributed by atoms with Crippen LogP contribution in [0.3, 0.4) is 0 Å². The van der Waals surface area contributed by atoms with E-state index in [1.165, 1.54) is 6.07 Å². The van der Waals surface area contributed by atoms with Crippen molar-refractivity contribution in [3.63, 3.8) is 0 Å². The summed E-state index contributed by atoms with van der Waals surface area (Å²) in [5, 5.41) is 3.24. The Morgan fingerprint density at radius 3 is 2.50 bits per heavy atom. The molecule has 0 aromatic heterocycles. The van der Waals surface area contributed by atoms with E-state index >= 15 is 0 Å². The summed E-state index contributed by atoms with van der Waals surface area (Å²) in [5.41, 5.74) is 5.45. The van der Waals surface area contributed by atoms with Crippen LogP contribution in [0.4, 0.5) is 18.9 Å². The first kappa shape index (κ1) is 13.2. The fourth-order valence-corrected chi connectivity index (χ4v) is 2.44. The Morgan fingerprint density at radius 1 is 1.22 bits per heavy atom. The smallest absolute Gasteiger partial charge is 0.398 e. The SMILES string of the molecule is Nc1c(CC2CCNCC2)cccc1C(F)(F)F. The molecule has 0 radical (unpaired) electrons. The van der Waals surface area contributed by atoms with Crippen LogP contribution in [0.15, 0.2) is 18.2 Å². The van der Waals surface area contributed by atoms with E-state index < -0.39 is 11.7 Å². The van der Waals surface area contributed by atoms with E-state index in [4.69, 9.17) is 5.73 Å². The van der Waals surface area contributed by atoms with Crippen LogP contribution in [0.2, 0.25) is 0 Å². The third kappa shape index (κ3) is 2.96. The fraction of sp³-hybridized carbons (Fsp3) is 0.538. The molecular formula is C13H17F3N2. The van der Waals surface area contributed by atoms with Gasteiger partial charge in [0.25, 0.3) is 0 Å². The molecule has 1 aromatic carbocycles. The Labute approximate surface area is 104 Å². The van der Waals surface area contributed by atoms with Gasteiger partial charge < -0.3 is 11.1 Å². The number of piperidine rings is 1. The van der Waals surface area contributed by atoms with E-state index in [0.29, 0.717) is 17.9 Å². The van der Waals surface area contributed by atoms with Crippen molar-refractivity contribution in [3.8, 4) is 0 Å². The number of hydrogen-bond donors (Lipinski definition) is 2. The standard InChI is InChI=1S/C13H17F3N2/c14-13(15,16)11-3-1-2-10(12(11)17)8-9-4-6-18-7-5-9/h1-3,9,18H,4-8,17H2. The first-order valence-electron chi connectivity index (χ1n) is 6.14. The van der Waals surface area contributed by atoms with Crippen molar-refractivity contribution in [1.82, 2.24) is 5.32 Å². The summed E-state index contributed by atoms with van der Waals surface area (Å²) in [5.74, 6) is 0.428. The average Bonchev–Trinajstić information content (AvgIpc) is 2.32. The van der Waals surface area contributed by atoms with E-state index in [0.717, 1.165) is 32.0 Å². The number of halogens is 3. The van der Waals surface area contributed by atoms with Gasteiger partial charge in [-0.05, 0) is 49.9 Å². The van der Waals surface area contributed by atoms with Crippen molar-refractivity contribution in [2.24, 2.45) is 5.92 Å². The van der Waals surface area contributed by atoms with Gasteiger partial charge in [0.1, 0.15) is 0 Å². The van der Waals surface area contributed by atoms with Gasteiger partial charge in [0.15, 0.2) is 0 Å². The molecule has 1 saturated heterocycles. The van der Waals surface area contributed by atoms with E-state index in [1.807, 2.05) is 0 Å². The van der Waals surface area contributed by atoms with Crippen LogP contribution in [-0.4, -0.2) is 13.1 Å². The molecule has 0 spiro atoms. The van der Waals surface area contributed by atoms with Crippen LogP contribution in [-0.2, 0) is 12.6 Å². The summed E-state index contributed by atoms with van der Waals surface area (Å²) in [6.45, 7) is 1.87. The first-order valence-corrected chi connectivity index (χ1v) is 6.14. The van der Waals surface area contributed by atoms with Gasteiger partial charge in [0.05, 0.1) is 5.56 Å². The van der Waals surface area contributed by atoms with Crippen LogP contribution in [0.1, 0.15) is 24.0 Å². The highest BCUT2D eigenvalue weighted by Crippen LogP contribution is 2.36. The number of nitrogens with one attached hydrogen (secondary N) is 1. The van der Waals surface area contributed by atoms with E-state index in [1.54, 1.807) is 6.07 Å². The number of nitrogens with two attached hydrogens (primary N) is 1. The number of hydrogen-bond acceptors (Lipinski definition) is 2. The summed E-state index contributed by atoms with van der Waals surface area (Å²) in [6, 6.07) is 4.18. The van der Waals surface area contributed by atoms with Gasteiger partial charge in [-0.1, -0.05) is 12.1 Å². The van der Waals surface area contributed by atoms with Gasteiger partial charge in [0.2, 0.25) is 0 Å². The summed E-state index contributed by atoms with van der Waals surface area (Å²) >= 11 is 0. The molecular weight excluding hydrogens is 241 g/mol. The number of nitrogen functional groups attached to an aromatic ring is 1. The molecule has 1 fully saturated rings. The van der Waals surface area contributed by atoms with Gasteiger partial charge in [-0.3, -0.25) is 0 Å². The molecule has 100 valence electrons. The maximum Gasteiger partial charge on any atom is 0.418 e. The third-order valence-electron chi connectivity index (χ3n) is 3.47. The van der Waals surface area contributed by atoms with Gasteiger partial charge in [-0.25, -0.2) is 0 Å². The normalized spacial score (nSPS) is 17.9. The number of benzene rings is 1. The van der Waals surface area contributed by atoms with Crippen molar-refractivity contribution in [1.29, 1.82) is 0 Å². The van der Waals surface area contributed by atoms with Crippen molar-refractivity contribution in [2.75, 3.05) is 18.8 Å². The third-order valence-corrected chi connectivity index (χ3v) is 3.47. The lowest BCUT2D eigenvalue weighted by molar-refractivity contribution is -0.136. The minimum absolute atomic E-state index is 0.108. The van der Waals surface area contributed by atoms with Crippen molar-refractivity contribution < 1.29 is 13.2 Å². The number of alkyl halides is 3. The zero-order valence-corrected chi connectivity index (χ0v) is 10.1. The Morgan fingerprint density at radius 2 is 1.89 bits per heavy atom. The summed E-state index contributed by atoms with van der Waals surface area (Å²) in [7, 11) is 0. The fourth-order valence-electron chi connectivity index (χ4n) is 2.44. The molecule has 0 atom stereocenters. The second-order valence-corrected chi connectivity index (χ2v) is 4.77. The second-order valence-electron chi connectivity index (χ2n) is 4.77. The lowest BCUT2D eigenvalue weighted by atomic mass is 9.89. The molecule has 1 heterocycles. The van der Waals surface area contributed by atoms with Crippen LogP contribution in [0, 0.1) is 5.92 Å². The molecule has 2 nitrogen and oxygen atoms in total. The van der Waals surface area contributed by atoms with Crippen molar-refractivity contribution in [2.45, 2.75) is 25.4 Å². The number of anilines is 1. The lowest BCUT2D eigenvalue weighted by Crippen LogP contribution is -2.29. The van der Waals surface area contributed by atoms with Gasteiger partial charge >= 0.3 is 6.18 Å². The van der Waals surface area contributed by atoms with Gasteiger partial charge in [0, 0.05) is 5.69 Å². The first-order chi connectivity index (χ1) is 8.48. The Bertz CT molecular complexity index is 409. The Balaban J connectivity index is 2.18. The molecule has 0 aliphatic carbocycles. The zero-order chi connectivity index (χ0) is 13.2. The summed E-state index contributed by atoms with van der Waals surface area (Å²) in [6.07, 6.45) is -1.74. The molecule has 18 heavy (non-hydrogen) atoms. The molecule has 0 saturated carbocycles. The molecule has 1 aliphatic heterocycles. The van der Waals surface area contributed by atoms with Crippen LogP contribution in [0.25, 0.3) is 0 Å². The largest absolute Gasteiger partial charge is 0.418 e. The Hall–Kier alpha value is -1.23. The number of rotatable bonds is 2. The molecule has 5 heteroatoms. The monoisotopic (exact) mass is 258 g/mol. The summed E-state index contributed by atoms with van der Waals surface area (Å²) < 4.78 is 38.2. The molecule has 0 bridgehead atoms. The number of para-hydroxylation sites is 1. The minimum atomic E-state index is -4.37. The van der Waals surface area contributed by atoms with Gasteiger partial charge in [-0.15, -0.1) is 0 Å². The topological polar surface area (TPSA) is 38.0 Å².